The number of nitrogens with one attached hydrogen (secondary N) is 1. The summed E-state index contributed by atoms with van der Waals surface area (Å²) in [5, 5.41) is 12.1. The molecular weight excluding hydrogens is 326 g/mol. The summed E-state index contributed by atoms with van der Waals surface area (Å²) in [5.41, 5.74) is -1.04. The van der Waals surface area contributed by atoms with Gasteiger partial charge in [0.2, 0.25) is 0 Å². The van der Waals surface area contributed by atoms with Crippen LogP contribution in [0.1, 0.15) is 42.5 Å². The third-order valence-electron chi connectivity index (χ3n) is 4.81. The summed E-state index contributed by atoms with van der Waals surface area (Å²) in [5.74, 6) is -0.490. The second kappa shape index (κ2) is 7.31. The number of rotatable bonds is 6. The molecule has 136 valence electrons. The van der Waals surface area contributed by atoms with Crippen LogP contribution in [0.5, 0.6) is 11.5 Å². The van der Waals surface area contributed by atoms with E-state index in [-0.39, 0.29) is 19.1 Å². The van der Waals surface area contributed by atoms with Crippen molar-refractivity contribution < 1.29 is 28.9 Å². The maximum atomic E-state index is 12.6. The SMILES string of the molecule is COc1ccc(C(=O)NC2(C(=O)O)CCOC2)cc1OC1CCCC1. The van der Waals surface area contributed by atoms with Crippen molar-refractivity contribution in [3.05, 3.63) is 23.8 Å². The van der Waals surface area contributed by atoms with E-state index in [2.05, 4.69) is 5.32 Å². The topological polar surface area (TPSA) is 94.1 Å². The summed E-state index contributed by atoms with van der Waals surface area (Å²) >= 11 is 0. The summed E-state index contributed by atoms with van der Waals surface area (Å²) in [4.78, 5) is 24.1. The summed E-state index contributed by atoms with van der Waals surface area (Å²) in [6.45, 7) is 0.279. The van der Waals surface area contributed by atoms with Gasteiger partial charge in [0.1, 0.15) is 0 Å². The number of aliphatic carboxylic acids is 1. The maximum Gasteiger partial charge on any atom is 0.331 e. The third-order valence-corrected chi connectivity index (χ3v) is 4.81. The van der Waals surface area contributed by atoms with Gasteiger partial charge in [0.15, 0.2) is 17.0 Å². The van der Waals surface area contributed by atoms with Crippen molar-refractivity contribution in [2.75, 3.05) is 20.3 Å². The highest BCUT2D eigenvalue weighted by Gasteiger charge is 2.44. The Labute approximate surface area is 146 Å². The van der Waals surface area contributed by atoms with Gasteiger partial charge < -0.3 is 24.6 Å². The Balaban J connectivity index is 1.78. The van der Waals surface area contributed by atoms with Crippen LogP contribution in [0.2, 0.25) is 0 Å². The third kappa shape index (κ3) is 3.71. The number of methoxy groups -OCH3 is 1. The van der Waals surface area contributed by atoms with Crippen LogP contribution in [0.15, 0.2) is 18.2 Å². The molecule has 1 saturated heterocycles. The zero-order valence-electron chi connectivity index (χ0n) is 14.2. The molecule has 1 heterocycles. The smallest absolute Gasteiger partial charge is 0.331 e. The van der Waals surface area contributed by atoms with E-state index in [9.17, 15) is 14.7 Å². The van der Waals surface area contributed by atoms with Crippen molar-refractivity contribution in [3.63, 3.8) is 0 Å². The van der Waals surface area contributed by atoms with Crippen LogP contribution in [0, 0.1) is 0 Å². The molecule has 1 atom stereocenters. The maximum absolute atomic E-state index is 12.6. The molecule has 1 aromatic carbocycles. The first-order chi connectivity index (χ1) is 12.0. The molecule has 0 aromatic heterocycles. The lowest BCUT2D eigenvalue weighted by molar-refractivity contribution is -0.144. The molecule has 1 saturated carbocycles. The van der Waals surface area contributed by atoms with E-state index in [0.29, 0.717) is 23.7 Å². The van der Waals surface area contributed by atoms with Crippen molar-refractivity contribution in [1.29, 1.82) is 0 Å². The molecule has 1 aliphatic heterocycles. The zero-order chi connectivity index (χ0) is 17.9. The van der Waals surface area contributed by atoms with Crippen molar-refractivity contribution in [2.45, 2.75) is 43.7 Å². The number of hydrogen-bond acceptors (Lipinski definition) is 5. The number of carboxylic acids is 1. The van der Waals surface area contributed by atoms with Gasteiger partial charge >= 0.3 is 5.97 Å². The number of carbonyl (C=O) groups excluding carboxylic acids is 1. The van der Waals surface area contributed by atoms with Gasteiger partial charge in [0.05, 0.1) is 19.8 Å². The van der Waals surface area contributed by atoms with Gasteiger partial charge in [-0.2, -0.15) is 0 Å². The van der Waals surface area contributed by atoms with Gasteiger partial charge in [-0.1, -0.05) is 0 Å². The highest BCUT2D eigenvalue weighted by Crippen LogP contribution is 2.32. The largest absolute Gasteiger partial charge is 0.493 e. The second-order valence-electron chi connectivity index (χ2n) is 6.53. The highest BCUT2D eigenvalue weighted by atomic mass is 16.5. The molecule has 0 spiro atoms. The number of carboxylic acid groups (broad SMARTS) is 1. The van der Waals surface area contributed by atoms with E-state index in [1.165, 1.54) is 0 Å². The monoisotopic (exact) mass is 349 g/mol. The summed E-state index contributed by atoms with van der Waals surface area (Å²) in [6.07, 6.45) is 4.61. The minimum absolute atomic E-state index is 0.0321. The Morgan fingerprint density at radius 2 is 2.04 bits per heavy atom. The van der Waals surface area contributed by atoms with Crippen LogP contribution in [0.4, 0.5) is 0 Å². The molecule has 0 radical (unpaired) electrons. The van der Waals surface area contributed by atoms with Gasteiger partial charge in [0.25, 0.3) is 5.91 Å². The fraction of sp³-hybridized carbons (Fsp3) is 0.556. The molecular formula is C18H23NO6. The Kier molecular flexibility index (Phi) is 5.13. The van der Waals surface area contributed by atoms with Crippen LogP contribution in [0.25, 0.3) is 0 Å². The Morgan fingerprint density at radius 3 is 2.64 bits per heavy atom. The lowest BCUT2D eigenvalue weighted by atomic mass is 9.98. The van der Waals surface area contributed by atoms with E-state index in [1.807, 2.05) is 0 Å². The van der Waals surface area contributed by atoms with Crippen molar-refractivity contribution in [2.24, 2.45) is 0 Å². The summed E-state index contributed by atoms with van der Waals surface area (Å²) in [6, 6.07) is 4.87. The van der Waals surface area contributed by atoms with Crippen LogP contribution in [0.3, 0.4) is 0 Å². The van der Waals surface area contributed by atoms with E-state index in [1.54, 1.807) is 25.3 Å². The lowest BCUT2D eigenvalue weighted by Crippen LogP contribution is -2.55. The first-order valence-corrected chi connectivity index (χ1v) is 8.52. The quantitative estimate of drug-likeness (QED) is 0.816. The fourth-order valence-corrected chi connectivity index (χ4v) is 3.27. The summed E-state index contributed by atoms with van der Waals surface area (Å²) in [7, 11) is 1.55. The van der Waals surface area contributed by atoms with Crippen molar-refractivity contribution in [3.8, 4) is 11.5 Å². The number of amides is 1. The summed E-state index contributed by atoms with van der Waals surface area (Å²) < 4.78 is 16.5. The molecule has 0 bridgehead atoms. The normalized spacial score (nSPS) is 23.4. The first kappa shape index (κ1) is 17.5. The first-order valence-electron chi connectivity index (χ1n) is 8.52. The average molecular weight is 349 g/mol. The van der Waals surface area contributed by atoms with Gasteiger partial charge in [-0.05, 0) is 43.9 Å². The molecule has 1 aliphatic carbocycles. The van der Waals surface area contributed by atoms with Crippen molar-refractivity contribution in [1.82, 2.24) is 5.32 Å². The molecule has 3 rings (SSSR count). The predicted octanol–water partition coefficient (Wildman–Crippen LogP) is 1.99. The number of ether oxygens (including phenoxy) is 3. The second-order valence-corrected chi connectivity index (χ2v) is 6.53. The van der Waals surface area contributed by atoms with Crippen LogP contribution in [-0.4, -0.2) is 48.9 Å². The average Bonchev–Trinajstić information content (AvgIpc) is 3.27. The number of carbonyl (C=O) groups is 2. The molecule has 1 amide bonds. The fourth-order valence-electron chi connectivity index (χ4n) is 3.27. The van der Waals surface area contributed by atoms with Gasteiger partial charge in [-0.25, -0.2) is 4.79 Å². The molecule has 1 unspecified atom stereocenters. The predicted molar refractivity (Wildman–Crippen MR) is 89.1 cm³/mol. The molecule has 25 heavy (non-hydrogen) atoms. The Bertz CT molecular complexity index is 647. The van der Waals surface area contributed by atoms with Crippen LogP contribution in [-0.2, 0) is 9.53 Å². The van der Waals surface area contributed by atoms with E-state index < -0.39 is 17.4 Å². The molecule has 2 aliphatic rings. The Hall–Kier alpha value is -2.28. The van der Waals surface area contributed by atoms with Gasteiger partial charge in [0, 0.05) is 18.6 Å². The number of benzene rings is 1. The van der Waals surface area contributed by atoms with E-state index in [0.717, 1.165) is 25.7 Å². The lowest BCUT2D eigenvalue weighted by Gasteiger charge is -2.24. The minimum atomic E-state index is -1.37. The van der Waals surface area contributed by atoms with Crippen LogP contribution >= 0.6 is 0 Å². The Morgan fingerprint density at radius 1 is 1.28 bits per heavy atom. The van der Waals surface area contributed by atoms with E-state index >= 15 is 0 Å². The van der Waals surface area contributed by atoms with Gasteiger partial charge in [-0.15, -0.1) is 0 Å². The molecule has 1 aromatic rings. The van der Waals surface area contributed by atoms with Crippen LogP contribution < -0.4 is 14.8 Å². The van der Waals surface area contributed by atoms with Gasteiger partial charge in [-0.3, -0.25) is 4.79 Å². The highest BCUT2D eigenvalue weighted by molar-refractivity contribution is 5.98. The standard InChI is InChI=1S/C18H23NO6/c1-23-14-7-6-12(10-15(14)25-13-4-2-3-5-13)16(20)19-18(17(21)22)8-9-24-11-18/h6-7,10,13H,2-5,8-9,11H2,1H3,(H,19,20)(H,21,22). The molecule has 7 nitrogen and oxygen atoms in total. The molecule has 7 heteroatoms. The minimum Gasteiger partial charge on any atom is -0.493 e. The zero-order valence-corrected chi connectivity index (χ0v) is 14.2. The molecule has 2 fully saturated rings. The molecule has 2 N–H and O–H groups in total. The van der Waals surface area contributed by atoms with Crippen molar-refractivity contribution >= 4 is 11.9 Å². The number of hydrogen-bond donors (Lipinski definition) is 2. The van der Waals surface area contributed by atoms with E-state index in [4.69, 9.17) is 14.2 Å².